The Kier molecular flexibility index (Phi) is 75.4. The van der Waals surface area contributed by atoms with Crippen LogP contribution in [0.4, 0.5) is 0 Å². The molecule has 0 amide bonds. The summed E-state index contributed by atoms with van der Waals surface area (Å²) >= 11 is 0. The maximum atomic E-state index is 13.1. The molecular formula is C89H146O17P2. The number of rotatable bonds is 76. The molecule has 3 N–H and O–H groups in total. The van der Waals surface area contributed by atoms with Gasteiger partial charge < -0.3 is 33.8 Å². The van der Waals surface area contributed by atoms with Crippen LogP contribution in [0, 0.1) is 0 Å². The van der Waals surface area contributed by atoms with Crippen LogP contribution in [0.1, 0.15) is 310 Å². The van der Waals surface area contributed by atoms with Gasteiger partial charge >= 0.3 is 39.5 Å². The zero-order chi connectivity index (χ0) is 78.9. The van der Waals surface area contributed by atoms with E-state index in [1.54, 1.807) is 0 Å². The van der Waals surface area contributed by atoms with Gasteiger partial charge in [-0.2, -0.15) is 0 Å². The van der Waals surface area contributed by atoms with E-state index in [0.717, 1.165) is 148 Å². The lowest BCUT2D eigenvalue weighted by molar-refractivity contribution is -0.161. The molecule has 0 aromatic rings. The van der Waals surface area contributed by atoms with Crippen LogP contribution in [0.25, 0.3) is 0 Å². The number of phosphoric ester groups is 2. The van der Waals surface area contributed by atoms with Crippen LogP contribution in [0.15, 0.2) is 170 Å². The van der Waals surface area contributed by atoms with Gasteiger partial charge in [-0.25, -0.2) is 9.13 Å². The molecule has 0 spiro atoms. The van der Waals surface area contributed by atoms with Crippen molar-refractivity contribution in [1.29, 1.82) is 0 Å². The summed E-state index contributed by atoms with van der Waals surface area (Å²) in [5.41, 5.74) is 0. The standard InChI is InChI=1S/C89H146O17P2/c1-5-9-13-17-21-25-29-33-36-39-41-44-46-50-53-57-61-65-69-73-86(91)99-79-84(105-88(93)75-71-67-63-59-55-49-32-28-24-20-16-12-8-4)81-103-107(95,96)101-77-83(90)78-102-108(97,98)104-82-85(106-89(94)76-72-68-64-60-56-52-48-43-38-35-31-27-23-19-15-11-7-3)80-100-87(92)74-70-66-62-58-54-51-47-45-42-40-37-34-30-26-22-18-14-10-6-2/h10-11,14-15,21-23,25-27,33-38,41-42,44-45,48,51-52,54,60,62,64,66,83-85,90H,5-9,12-13,16-20,24,28-32,39-40,43,46-47,49-50,53,55-59,61,63,65,67-82H2,1-4H3,(H,95,96)(H,97,98)/b14-10-,15-11-,25-21-,26-22-,27-23-,36-33-,37-34-,38-35-,44-41-,45-42-,52-48-,54-51-,64-60-,66-62-. The SMILES string of the molecule is CC/C=C\C/C=C\C/C=C\C/C=C\C/C=C\C/C=C\CCC(=O)OCC(COP(=O)(O)OCC(O)COP(=O)(O)OCC(COC(=O)CCCCCCCC/C=C\C/C=C\C/C=C\CCCCC)OC(=O)CCCCCCCCCCCCCCC)OC(=O)CCC/C=C\C/C=C\C/C=C\C/C=C\C/C=C\CC. The van der Waals surface area contributed by atoms with E-state index >= 15 is 0 Å². The Labute approximate surface area is 654 Å². The number of unbranched alkanes of at least 4 members (excludes halogenated alkanes) is 22. The van der Waals surface area contributed by atoms with Gasteiger partial charge in [-0.3, -0.25) is 37.3 Å². The summed E-state index contributed by atoms with van der Waals surface area (Å²) in [5, 5.41) is 10.7. The fraction of sp³-hybridized carbons (Fsp3) is 0.640. The Morgan fingerprint density at radius 2 is 0.509 bits per heavy atom. The second kappa shape index (κ2) is 79.5. The van der Waals surface area contributed by atoms with Gasteiger partial charge in [0, 0.05) is 25.7 Å². The number of phosphoric acid groups is 2. The molecule has 5 unspecified atom stereocenters. The summed E-state index contributed by atoms with van der Waals surface area (Å²) in [5.74, 6) is -2.36. The van der Waals surface area contributed by atoms with Crippen LogP contribution in [-0.2, 0) is 65.4 Å². The summed E-state index contributed by atoms with van der Waals surface area (Å²) < 4.78 is 68.6. The number of aliphatic hydroxyl groups excluding tert-OH is 1. The predicted octanol–water partition coefficient (Wildman–Crippen LogP) is 24.6. The molecule has 108 heavy (non-hydrogen) atoms. The summed E-state index contributed by atoms with van der Waals surface area (Å²) in [6.45, 7) is 4.46. The number of hydrogen-bond donors (Lipinski definition) is 3. The van der Waals surface area contributed by atoms with Crippen LogP contribution in [0.3, 0.4) is 0 Å². The molecule has 0 fully saturated rings. The number of aliphatic hydroxyl groups is 1. The van der Waals surface area contributed by atoms with Gasteiger partial charge in [-0.05, 0) is 141 Å². The normalized spacial score (nSPS) is 14.7. The Morgan fingerprint density at radius 3 is 0.852 bits per heavy atom. The van der Waals surface area contributed by atoms with E-state index in [9.17, 15) is 43.2 Å². The van der Waals surface area contributed by atoms with Gasteiger partial charge in [0.2, 0.25) is 0 Å². The van der Waals surface area contributed by atoms with Crippen LogP contribution in [0.5, 0.6) is 0 Å². The van der Waals surface area contributed by atoms with Crippen molar-refractivity contribution < 1.29 is 80.2 Å². The maximum Gasteiger partial charge on any atom is 0.472 e. The number of allylic oxidation sites excluding steroid dienone is 28. The molecule has 5 atom stereocenters. The van der Waals surface area contributed by atoms with Crippen molar-refractivity contribution in [2.24, 2.45) is 0 Å². The first kappa shape index (κ1) is 102. The van der Waals surface area contributed by atoms with Crippen molar-refractivity contribution in [1.82, 2.24) is 0 Å². The van der Waals surface area contributed by atoms with Crippen LogP contribution in [-0.4, -0.2) is 96.7 Å². The minimum atomic E-state index is -5.02. The monoisotopic (exact) mass is 1550 g/mol. The molecule has 0 aliphatic rings. The summed E-state index contributed by atoms with van der Waals surface area (Å²) in [6.07, 6.45) is 94.9. The number of hydrogen-bond acceptors (Lipinski definition) is 15. The molecule has 0 bridgehead atoms. The molecule has 0 radical (unpaired) electrons. The minimum absolute atomic E-state index is 0.00524. The number of esters is 4. The van der Waals surface area contributed by atoms with E-state index in [1.165, 1.54) is 70.6 Å². The smallest absolute Gasteiger partial charge is 0.462 e. The third-order valence-electron chi connectivity index (χ3n) is 16.7. The molecule has 0 saturated carbocycles. The van der Waals surface area contributed by atoms with Crippen molar-refractivity contribution in [2.45, 2.75) is 329 Å². The Hall–Kier alpha value is -5.58. The minimum Gasteiger partial charge on any atom is -0.462 e. The van der Waals surface area contributed by atoms with E-state index in [1.807, 2.05) is 30.4 Å². The summed E-state index contributed by atoms with van der Waals surface area (Å²) in [4.78, 5) is 73.1. The third kappa shape index (κ3) is 78.5. The number of ether oxygens (including phenoxy) is 4. The fourth-order valence-electron chi connectivity index (χ4n) is 10.5. The molecular weight excluding hydrogens is 1400 g/mol. The second-order valence-electron chi connectivity index (χ2n) is 27.0. The first-order valence-electron chi connectivity index (χ1n) is 41.4. The van der Waals surface area contributed by atoms with Crippen molar-refractivity contribution in [3.05, 3.63) is 170 Å². The lowest BCUT2D eigenvalue weighted by Crippen LogP contribution is -2.30. The Balaban J connectivity index is 5.49. The molecule has 0 saturated heterocycles. The van der Waals surface area contributed by atoms with Gasteiger partial charge in [0.15, 0.2) is 12.2 Å². The van der Waals surface area contributed by atoms with Crippen molar-refractivity contribution in [3.63, 3.8) is 0 Å². The Bertz CT molecular complexity index is 2710. The highest BCUT2D eigenvalue weighted by Crippen LogP contribution is 2.45. The molecule has 0 aromatic heterocycles. The second-order valence-corrected chi connectivity index (χ2v) is 29.9. The largest absolute Gasteiger partial charge is 0.472 e. The Morgan fingerprint density at radius 1 is 0.269 bits per heavy atom. The molecule has 0 heterocycles. The van der Waals surface area contributed by atoms with Gasteiger partial charge in [0.05, 0.1) is 26.4 Å². The van der Waals surface area contributed by atoms with E-state index in [4.69, 9.17) is 37.0 Å². The zero-order valence-corrected chi connectivity index (χ0v) is 69.0. The van der Waals surface area contributed by atoms with Crippen molar-refractivity contribution in [3.8, 4) is 0 Å². The highest BCUT2D eigenvalue weighted by Gasteiger charge is 2.30. The number of carbonyl (C=O) groups excluding carboxylic acids is 4. The molecule has 0 aliphatic heterocycles. The highest BCUT2D eigenvalue weighted by molar-refractivity contribution is 7.47. The van der Waals surface area contributed by atoms with Crippen LogP contribution in [0.2, 0.25) is 0 Å². The fourth-order valence-corrected chi connectivity index (χ4v) is 12.0. The van der Waals surface area contributed by atoms with Crippen LogP contribution < -0.4 is 0 Å². The average Bonchev–Trinajstić information content (AvgIpc) is 0.886. The zero-order valence-electron chi connectivity index (χ0n) is 67.2. The van der Waals surface area contributed by atoms with E-state index < -0.39 is 97.5 Å². The van der Waals surface area contributed by atoms with Gasteiger partial charge in [0.25, 0.3) is 0 Å². The lowest BCUT2D eigenvalue weighted by Gasteiger charge is -2.21. The predicted molar refractivity (Wildman–Crippen MR) is 445 cm³/mol. The first-order chi connectivity index (χ1) is 52.7. The summed E-state index contributed by atoms with van der Waals surface area (Å²) in [6, 6.07) is 0. The summed E-state index contributed by atoms with van der Waals surface area (Å²) in [7, 11) is -10.0. The quantitative estimate of drug-likeness (QED) is 0.0169. The first-order valence-corrected chi connectivity index (χ1v) is 44.4. The van der Waals surface area contributed by atoms with Gasteiger partial charge in [-0.15, -0.1) is 0 Å². The van der Waals surface area contributed by atoms with E-state index in [2.05, 4.69) is 167 Å². The van der Waals surface area contributed by atoms with E-state index in [-0.39, 0.29) is 25.7 Å². The van der Waals surface area contributed by atoms with E-state index in [0.29, 0.717) is 38.5 Å². The molecule has 0 rings (SSSR count). The molecule has 614 valence electrons. The maximum absolute atomic E-state index is 13.1. The molecule has 19 heteroatoms. The van der Waals surface area contributed by atoms with Gasteiger partial charge in [0.1, 0.15) is 19.3 Å². The average molecular weight is 1550 g/mol. The highest BCUT2D eigenvalue weighted by atomic mass is 31.2. The van der Waals surface area contributed by atoms with Crippen molar-refractivity contribution >= 4 is 39.5 Å². The molecule has 0 aliphatic carbocycles. The lowest BCUT2D eigenvalue weighted by atomic mass is 10.0. The van der Waals surface area contributed by atoms with Gasteiger partial charge in [-0.1, -0.05) is 313 Å². The molecule has 17 nitrogen and oxygen atoms in total. The van der Waals surface area contributed by atoms with Crippen molar-refractivity contribution in [2.75, 3.05) is 39.6 Å². The molecule has 0 aromatic carbocycles. The number of carbonyl (C=O) groups is 4. The third-order valence-corrected chi connectivity index (χ3v) is 18.6. The van der Waals surface area contributed by atoms with Crippen LogP contribution >= 0.6 is 15.6 Å². The topological polar surface area (TPSA) is 237 Å².